The molecule has 1 aromatic carbocycles. The Balaban J connectivity index is 2.39. The Hall–Kier alpha value is -1.11. The first-order valence-electron chi connectivity index (χ1n) is 5.98. The maximum atomic E-state index is 11.7. The van der Waals surface area contributed by atoms with Gasteiger partial charge in [0.25, 0.3) is 0 Å². The van der Waals surface area contributed by atoms with Crippen molar-refractivity contribution in [3.63, 3.8) is 0 Å². The van der Waals surface area contributed by atoms with Crippen molar-refractivity contribution in [3.05, 3.63) is 35.4 Å². The monoisotopic (exact) mass is 218 g/mol. The molecule has 0 spiro atoms. The van der Waals surface area contributed by atoms with Crippen LogP contribution in [0.15, 0.2) is 24.3 Å². The normalized spacial score (nSPS) is 11.5. The first-order valence-corrected chi connectivity index (χ1v) is 5.98. The number of ketones is 1. The predicted molar refractivity (Wildman–Crippen MR) is 68.6 cm³/mol. The van der Waals surface area contributed by atoms with E-state index in [1.54, 1.807) is 0 Å². The van der Waals surface area contributed by atoms with Gasteiger partial charge in [-0.25, -0.2) is 0 Å². The Bertz CT molecular complexity index is 358. The van der Waals surface area contributed by atoms with Crippen molar-refractivity contribution in [1.82, 2.24) is 0 Å². The third-order valence-corrected chi connectivity index (χ3v) is 2.79. The van der Waals surface area contributed by atoms with E-state index in [-0.39, 0.29) is 5.41 Å². The number of rotatable bonds is 4. The zero-order valence-corrected chi connectivity index (χ0v) is 10.8. The molecule has 0 saturated carbocycles. The quantitative estimate of drug-likeness (QED) is 0.748. The van der Waals surface area contributed by atoms with Crippen molar-refractivity contribution in [2.75, 3.05) is 0 Å². The standard InChI is InChI=1S/C15H22O/c1-12-7-5-8-13(11-12)9-6-10-14(16)15(2,3)4/h5,7-8,11H,6,9-10H2,1-4H3. The molecule has 1 rings (SSSR count). The lowest BCUT2D eigenvalue weighted by Gasteiger charge is -2.16. The van der Waals surface area contributed by atoms with Gasteiger partial charge in [0, 0.05) is 11.8 Å². The van der Waals surface area contributed by atoms with E-state index in [4.69, 9.17) is 0 Å². The molecule has 0 bridgehead atoms. The molecule has 88 valence electrons. The zero-order valence-electron chi connectivity index (χ0n) is 10.8. The summed E-state index contributed by atoms with van der Waals surface area (Å²) in [5.41, 5.74) is 2.44. The van der Waals surface area contributed by atoms with Gasteiger partial charge in [0.15, 0.2) is 0 Å². The molecule has 1 heteroatoms. The Morgan fingerprint density at radius 1 is 1.25 bits per heavy atom. The van der Waals surface area contributed by atoms with Gasteiger partial charge in [-0.2, -0.15) is 0 Å². The number of hydrogen-bond acceptors (Lipinski definition) is 1. The van der Waals surface area contributed by atoms with Gasteiger partial charge in [-0.15, -0.1) is 0 Å². The molecule has 0 aliphatic rings. The lowest BCUT2D eigenvalue weighted by atomic mass is 9.87. The highest BCUT2D eigenvalue weighted by atomic mass is 16.1. The number of carbonyl (C=O) groups is 1. The van der Waals surface area contributed by atoms with Crippen molar-refractivity contribution >= 4 is 5.78 Å². The third kappa shape index (κ3) is 4.18. The molecule has 0 radical (unpaired) electrons. The number of carbonyl (C=O) groups excluding carboxylic acids is 1. The maximum Gasteiger partial charge on any atom is 0.138 e. The second-order valence-electron chi connectivity index (χ2n) is 5.52. The van der Waals surface area contributed by atoms with Crippen molar-refractivity contribution < 1.29 is 4.79 Å². The summed E-state index contributed by atoms with van der Waals surface area (Å²) in [6.07, 6.45) is 2.65. The van der Waals surface area contributed by atoms with Gasteiger partial charge in [0.1, 0.15) is 5.78 Å². The first-order chi connectivity index (χ1) is 7.39. The van der Waals surface area contributed by atoms with Crippen LogP contribution in [0.2, 0.25) is 0 Å². The smallest absolute Gasteiger partial charge is 0.138 e. The van der Waals surface area contributed by atoms with Crippen LogP contribution in [-0.2, 0) is 11.2 Å². The summed E-state index contributed by atoms with van der Waals surface area (Å²) in [6, 6.07) is 8.51. The van der Waals surface area contributed by atoms with Crippen LogP contribution in [0.1, 0.15) is 44.7 Å². The second kappa shape index (κ2) is 5.29. The molecule has 1 aromatic rings. The van der Waals surface area contributed by atoms with Crippen molar-refractivity contribution in [3.8, 4) is 0 Å². The van der Waals surface area contributed by atoms with Crippen LogP contribution in [0.25, 0.3) is 0 Å². The minimum Gasteiger partial charge on any atom is -0.299 e. The van der Waals surface area contributed by atoms with E-state index >= 15 is 0 Å². The van der Waals surface area contributed by atoms with E-state index < -0.39 is 0 Å². The molecule has 16 heavy (non-hydrogen) atoms. The minimum absolute atomic E-state index is 0.188. The molecule has 0 N–H and O–H groups in total. The van der Waals surface area contributed by atoms with Gasteiger partial charge >= 0.3 is 0 Å². The maximum absolute atomic E-state index is 11.7. The Morgan fingerprint density at radius 2 is 1.94 bits per heavy atom. The second-order valence-corrected chi connectivity index (χ2v) is 5.52. The predicted octanol–water partition coefficient (Wildman–Crippen LogP) is 3.93. The summed E-state index contributed by atoms with van der Waals surface area (Å²) in [6.45, 7) is 8.07. The third-order valence-electron chi connectivity index (χ3n) is 2.79. The average molecular weight is 218 g/mol. The molecule has 0 aliphatic carbocycles. The summed E-state index contributed by atoms with van der Waals surface area (Å²) < 4.78 is 0. The van der Waals surface area contributed by atoms with E-state index in [1.165, 1.54) is 11.1 Å². The number of Topliss-reactive ketones (excluding diaryl/α,β-unsaturated/α-hetero) is 1. The topological polar surface area (TPSA) is 17.1 Å². The molecular formula is C15H22O. The van der Waals surface area contributed by atoms with E-state index in [2.05, 4.69) is 31.2 Å². The van der Waals surface area contributed by atoms with Crippen molar-refractivity contribution in [2.24, 2.45) is 5.41 Å². The van der Waals surface area contributed by atoms with Crippen molar-refractivity contribution in [1.29, 1.82) is 0 Å². The van der Waals surface area contributed by atoms with Crippen LogP contribution < -0.4 is 0 Å². The highest BCUT2D eigenvalue weighted by Crippen LogP contribution is 2.18. The molecule has 0 heterocycles. The fourth-order valence-corrected chi connectivity index (χ4v) is 1.70. The van der Waals surface area contributed by atoms with Crippen molar-refractivity contribution in [2.45, 2.75) is 47.0 Å². The van der Waals surface area contributed by atoms with Crippen LogP contribution >= 0.6 is 0 Å². The van der Waals surface area contributed by atoms with Crippen LogP contribution in [0.4, 0.5) is 0 Å². The molecule has 0 fully saturated rings. The Kier molecular flexibility index (Phi) is 4.28. The lowest BCUT2D eigenvalue weighted by Crippen LogP contribution is -2.19. The van der Waals surface area contributed by atoms with Crippen LogP contribution in [0.5, 0.6) is 0 Å². The van der Waals surface area contributed by atoms with Gasteiger partial charge in [-0.1, -0.05) is 50.6 Å². The lowest BCUT2D eigenvalue weighted by molar-refractivity contribution is -0.126. The number of hydrogen-bond donors (Lipinski definition) is 0. The first kappa shape index (κ1) is 13.0. The summed E-state index contributed by atoms with van der Waals surface area (Å²) in [4.78, 5) is 11.7. The van der Waals surface area contributed by atoms with E-state index in [1.807, 2.05) is 20.8 Å². The highest BCUT2D eigenvalue weighted by molar-refractivity contribution is 5.83. The van der Waals surface area contributed by atoms with Gasteiger partial charge in [0.2, 0.25) is 0 Å². The Labute approximate surface area is 98.9 Å². The van der Waals surface area contributed by atoms with Crippen LogP contribution in [-0.4, -0.2) is 5.78 Å². The minimum atomic E-state index is -0.188. The molecule has 0 unspecified atom stereocenters. The zero-order chi connectivity index (χ0) is 12.2. The molecule has 0 saturated heterocycles. The van der Waals surface area contributed by atoms with Crippen LogP contribution in [0.3, 0.4) is 0 Å². The molecule has 0 amide bonds. The van der Waals surface area contributed by atoms with Crippen LogP contribution in [0, 0.1) is 12.3 Å². The SMILES string of the molecule is Cc1cccc(CCCC(=O)C(C)(C)C)c1. The molecule has 0 aromatic heterocycles. The van der Waals surface area contributed by atoms with Gasteiger partial charge < -0.3 is 0 Å². The van der Waals surface area contributed by atoms with E-state index in [0.717, 1.165) is 12.8 Å². The highest BCUT2D eigenvalue weighted by Gasteiger charge is 2.19. The van der Waals surface area contributed by atoms with Gasteiger partial charge in [-0.3, -0.25) is 4.79 Å². The number of aryl methyl sites for hydroxylation is 2. The molecular weight excluding hydrogens is 196 g/mol. The van der Waals surface area contributed by atoms with E-state index in [0.29, 0.717) is 12.2 Å². The largest absolute Gasteiger partial charge is 0.299 e. The fourth-order valence-electron chi connectivity index (χ4n) is 1.70. The molecule has 0 atom stereocenters. The van der Waals surface area contributed by atoms with E-state index in [9.17, 15) is 4.79 Å². The fraction of sp³-hybridized carbons (Fsp3) is 0.533. The molecule has 1 nitrogen and oxygen atoms in total. The van der Waals surface area contributed by atoms with Gasteiger partial charge in [0.05, 0.1) is 0 Å². The Morgan fingerprint density at radius 3 is 2.50 bits per heavy atom. The summed E-state index contributed by atoms with van der Waals surface area (Å²) in [5, 5.41) is 0. The average Bonchev–Trinajstić information content (AvgIpc) is 2.16. The molecule has 0 aliphatic heterocycles. The van der Waals surface area contributed by atoms with Gasteiger partial charge in [-0.05, 0) is 25.3 Å². The number of benzene rings is 1. The summed E-state index contributed by atoms with van der Waals surface area (Å²) in [7, 11) is 0. The summed E-state index contributed by atoms with van der Waals surface area (Å²) in [5.74, 6) is 0.361. The summed E-state index contributed by atoms with van der Waals surface area (Å²) >= 11 is 0.